The molecule has 0 spiro atoms. The second kappa shape index (κ2) is 5.80. The molecule has 0 bridgehead atoms. The predicted molar refractivity (Wildman–Crippen MR) is 87.5 cm³/mol. The fraction of sp³-hybridized carbons (Fsp3) is 0.0625. The summed E-state index contributed by atoms with van der Waals surface area (Å²) in [4.78, 5) is 25.9. The maximum Gasteiger partial charge on any atom is 0.247 e. The number of fused-ring (bicyclic) bond motifs is 1. The lowest BCUT2D eigenvalue weighted by molar-refractivity contribution is 0.449. The van der Waals surface area contributed by atoms with Crippen LogP contribution < -0.4 is 16.3 Å². The number of hydrogen-bond donors (Lipinski definition) is 4. The number of aromatic nitrogens is 1. The Hall–Kier alpha value is -3.35. The number of hydrogen-bond acceptors (Lipinski definition) is 6. The van der Waals surface area contributed by atoms with Gasteiger partial charge in [0.1, 0.15) is 5.58 Å². The van der Waals surface area contributed by atoms with E-state index in [0.717, 1.165) is 0 Å². The SMILES string of the molecule is N=CCNc1ccc2oc(-c3ccc(=O)[nH]c3)c(O)c(=O)c2c1. The monoisotopic (exact) mass is 311 g/mol. The minimum absolute atomic E-state index is 0.000972. The van der Waals surface area contributed by atoms with Crippen LogP contribution in [0.15, 0.2) is 50.5 Å². The average molecular weight is 311 g/mol. The van der Waals surface area contributed by atoms with Gasteiger partial charge in [0.15, 0.2) is 5.76 Å². The number of pyridine rings is 1. The number of rotatable bonds is 4. The maximum atomic E-state index is 12.4. The van der Waals surface area contributed by atoms with Crippen molar-refractivity contribution in [3.63, 3.8) is 0 Å². The fourth-order valence-electron chi connectivity index (χ4n) is 2.21. The van der Waals surface area contributed by atoms with Crippen LogP contribution in [0.4, 0.5) is 5.69 Å². The van der Waals surface area contributed by atoms with Gasteiger partial charge in [0.2, 0.25) is 16.7 Å². The van der Waals surface area contributed by atoms with Crippen molar-refractivity contribution < 1.29 is 9.52 Å². The molecule has 3 aromatic rings. The lowest BCUT2D eigenvalue weighted by Gasteiger charge is -2.08. The summed E-state index contributed by atoms with van der Waals surface area (Å²) in [5.74, 6) is -0.521. The van der Waals surface area contributed by atoms with Crippen LogP contribution in [0.25, 0.3) is 22.3 Å². The first-order valence-electron chi connectivity index (χ1n) is 6.82. The molecule has 7 heteroatoms. The zero-order valence-corrected chi connectivity index (χ0v) is 11.9. The Bertz CT molecular complexity index is 984. The smallest absolute Gasteiger partial charge is 0.247 e. The maximum absolute atomic E-state index is 12.4. The van der Waals surface area contributed by atoms with Gasteiger partial charge in [-0.2, -0.15) is 0 Å². The zero-order chi connectivity index (χ0) is 16.4. The Balaban J connectivity index is 2.17. The highest BCUT2D eigenvalue weighted by molar-refractivity contribution is 5.85. The summed E-state index contributed by atoms with van der Waals surface area (Å²) in [5.41, 5.74) is 0.496. The second-order valence-electron chi connectivity index (χ2n) is 4.85. The largest absolute Gasteiger partial charge is 0.502 e. The van der Waals surface area contributed by atoms with E-state index in [1.54, 1.807) is 18.2 Å². The quantitative estimate of drug-likeness (QED) is 0.549. The normalized spacial score (nSPS) is 10.6. The molecule has 4 N–H and O–H groups in total. The van der Waals surface area contributed by atoms with Gasteiger partial charge in [-0.15, -0.1) is 0 Å². The summed E-state index contributed by atoms with van der Waals surface area (Å²) in [6.07, 6.45) is 2.57. The molecule has 0 saturated carbocycles. The van der Waals surface area contributed by atoms with Gasteiger partial charge in [0, 0.05) is 36.3 Å². The van der Waals surface area contributed by atoms with E-state index >= 15 is 0 Å². The molecule has 0 unspecified atom stereocenters. The molecule has 0 aliphatic carbocycles. The lowest BCUT2D eigenvalue weighted by atomic mass is 10.1. The summed E-state index contributed by atoms with van der Waals surface area (Å²) >= 11 is 0. The van der Waals surface area contributed by atoms with E-state index < -0.39 is 11.2 Å². The van der Waals surface area contributed by atoms with Gasteiger partial charge in [-0.3, -0.25) is 9.59 Å². The van der Waals surface area contributed by atoms with E-state index in [1.807, 2.05) is 0 Å². The van der Waals surface area contributed by atoms with Gasteiger partial charge in [-0.05, 0) is 24.3 Å². The zero-order valence-electron chi connectivity index (χ0n) is 11.9. The summed E-state index contributed by atoms with van der Waals surface area (Å²) in [6.45, 7) is 0.332. The standard InChI is InChI=1S/C16H13N3O4/c17-5-6-18-10-2-3-12-11(7-10)14(21)15(22)16(23-12)9-1-4-13(20)19-8-9/h1-5,7-8,17-18,22H,6H2,(H,19,20). The average Bonchev–Trinajstić information content (AvgIpc) is 2.57. The number of H-pyrrole nitrogens is 1. The third-order valence-corrected chi connectivity index (χ3v) is 3.32. The molecule has 0 radical (unpaired) electrons. The molecule has 0 amide bonds. The molecule has 23 heavy (non-hydrogen) atoms. The molecule has 0 saturated heterocycles. The van der Waals surface area contributed by atoms with Crippen molar-refractivity contribution in [1.82, 2.24) is 4.98 Å². The van der Waals surface area contributed by atoms with Gasteiger partial charge in [0.05, 0.1) is 5.39 Å². The Labute approximate surface area is 129 Å². The van der Waals surface area contributed by atoms with E-state index in [0.29, 0.717) is 23.4 Å². The fourth-order valence-corrected chi connectivity index (χ4v) is 2.21. The van der Waals surface area contributed by atoms with E-state index in [9.17, 15) is 14.7 Å². The van der Waals surface area contributed by atoms with Crippen molar-refractivity contribution in [3.05, 3.63) is 57.1 Å². The van der Waals surface area contributed by atoms with Crippen LogP contribution in [0.5, 0.6) is 5.75 Å². The molecule has 1 aromatic carbocycles. The lowest BCUT2D eigenvalue weighted by Crippen LogP contribution is -2.06. The minimum atomic E-state index is -0.564. The van der Waals surface area contributed by atoms with E-state index in [2.05, 4.69) is 10.3 Å². The van der Waals surface area contributed by atoms with Crippen LogP contribution in [-0.2, 0) is 0 Å². The Morgan fingerprint density at radius 2 is 2.09 bits per heavy atom. The topological polar surface area (TPSA) is 119 Å². The van der Waals surface area contributed by atoms with Crippen molar-refractivity contribution in [1.29, 1.82) is 5.41 Å². The third kappa shape index (κ3) is 2.71. The third-order valence-electron chi connectivity index (χ3n) is 3.32. The van der Waals surface area contributed by atoms with Crippen molar-refractivity contribution in [2.45, 2.75) is 0 Å². The second-order valence-corrected chi connectivity index (χ2v) is 4.85. The molecule has 0 atom stereocenters. The van der Waals surface area contributed by atoms with Crippen LogP contribution in [-0.4, -0.2) is 22.8 Å². The molecular weight excluding hydrogens is 298 g/mol. The van der Waals surface area contributed by atoms with Gasteiger partial charge >= 0.3 is 0 Å². The minimum Gasteiger partial charge on any atom is -0.502 e. The number of aromatic hydroxyl groups is 1. The molecule has 3 rings (SSSR count). The van der Waals surface area contributed by atoms with Crippen molar-refractivity contribution in [3.8, 4) is 17.1 Å². The van der Waals surface area contributed by atoms with Gasteiger partial charge in [-0.25, -0.2) is 0 Å². The summed E-state index contributed by atoms with van der Waals surface area (Å²) in [5, 5.41) is 20.3. The first-order valence-corrected chi connectivity index (χ1v) is 6.82. The van der Waals surface area contributed by atoms with Crippen molar-refractivity contribution >= 4 is 22.9 Å². The molecule has 0 fully saturated rings. The summed E-state index contributed by atoms with van der Waals surface area (Å²) in [7, 11) is 0. The molecule has 2 aromatic heterocycles. The molecule has 7 nitrogen and oxygen atoms in total. The highest BCUT2D eigenvalue weighted by Gasteiger charge is 2.15. The van der Waals surface area contributed by atoms with Crippen LogP contribution in [0.3, 0.4) is 0 Å². The molecule has 2 heterocycles. The number of nitrogens with one attached hydrogen (secondary N) is 3. The van der Waals surface area contributed by atoms with Crippen LogP contribution in [0, 0.1) is 5.41 Å². The predicted octanol–water partition coefficient (Wildman–Crippen LogP) is 1.92. The van der Waals surface area contributed by atoms with Crippen molar-refractivity contribution in [2.75, 3.05) is 11.9 Å². The van der Waals surface area contributed by atoms with Gasteiger partial charge in [-0.1, -0.05) is 0 Å². The Morgan fingerprint density at radius 3 is 2.78 bits per heavy atom. The number of anilines is 1. The first-order chi connectivity index (χ1) is 11.1. The van der Waals surface area contributed by atoms with E-state index in [4.69, 9.17) is 9.83 Å². The molecule has 0 aliphatic rings. The molecule has 0 aliphatic heterocycles. The summed E-state index contributed by atoms with van der Waals surface area (Å²) < 4.78 is 5.61. The number of aromatic amines is 1. The van der Waals surface area contributed by atoms with Gasteiger partial charge < -0.3 is 25.2 Å². The number of benzene rings is 1. The van der Waals surface area contributed by atoms with Crippen LogP contribution in [0.2, 0.25) is 0 Å². The van der Waals surface area contributed by atoms with E-state index in [-0.39, 0.29) is 16.7 Å². The van der Waals surface area contributed by atoms with Crippen LogP contribution in [0.1, 0.15) is 0 Å². The Morgan fingerprint density at radius 1 is 1.26 bits per heavy atom. The first kappa shape index (κ1) is 14.6. The highest BCUT2D eigenvalue weighted by Crippen LogP contribution is 2.29. The molecule has 116 valence electrons. The highest BCUT2D eigenvalue weighted by atomic mass is 16.4. The Kier molecular flexibility index (Phi) is 3.68. The van der Waals surface area contributed by atoms with Crippen molar-refractivity contribution in [2.24, 2.45) is 0 Å². The summed E-state index contributed by atoms with van der Waals surface area (Å²) in [6, 6.07) is 7.62. The molecular formula is C16H13N3O4. The van der Waals surface area contributed by atoms with Crippen LogP contribution >= 0.6 is 0 Å². The van der Waals surface area contributed by atoms with E-state index in [1.165, 1.54) is 24.5 Å². The van der Waals surface area contributed by atoms with Gasteiger partial charge in [0.25, 0.3) is 0 Å².